The summed E-state index contributed by atoms with van der Waals surface area (Å²) in [5.41, 5.74) is 2.76. The van der Waals surface area contributed by atoms with Gasteiger partial charge in [0.1, 0.15) is 0 Å². The van der Waals surface area contributed by atoms with Crippen LogP contribution in [0.15, 0.2) is 90.3 Å². The lowest BCUT2D eigenvalue weighted by molar-refractivity contribution is -0.116. The smallest absolute Gasteiger partial charge is 0.237 e. The van der Waals surface area contributed by atoms with E-state index in [1.807, 2.05) is 84.3 Å². The molecule has 30 heavy (non-hydrogen) atoms. The molecule has 4 aromatic rings. The van der Waals surface area contributed by atoms with Crippen LogP contribution in [0, 0.1) is 0 Å². The SMILES string of the molecule is CCN(C(=O)CSc1nnc(-c2ccncc2)n1-c1ccccc1)c1ccccc1. The highest BCUT2D eigenvalue weighted by molar-refractivity contribution is 7.99. The van der Waals surface area contributed by atoms with Gasteiger partial charge in [0.05, 0.1) is 5.75 Å². The van der Waals surface area contributed by atoms with Gasteiger partial charge < -0.3 is 4.90 Å². The molecule has 4 rings (SSSR count). The molecule has 0 fully saturated rings. The third kappa shape index (κ3) is 4.26. The topological polar surface area (TPSA) is 63.9 Å². The first kappa shape index (κ1) is 19.8. The molecule has 150 valence electrons. The summed E-state index contributed by atoms with van der Waals surface area (Å²) in [4.78, 5) is 18.8. The molecular weight excluding hydrogens is 394 g/mol. The molecule has 0 radical (unpaired) electrons. The first-order valence-electron chi connectivity index (χ1n) is 9.67. The Morgan fingerprint density at radius 1 is 0.933 bits per heavy atom. The van der Waals surface area contributed by atoms with Crippen LogP contribution in [0.5, 0.6) is 0 Å². The number of para-hydroxylation sites is 2. The number of anilines is 1. The summed E-state index contributed by atoms with van der Waals surface area (Å²) in [6.45, 7) is 2.58. The van der Waals surface area contributed by atoms with Crippen molar-refractivity contribution < 1.29 is 4.79 Å². The molecule has 0 unspecified atom stereocenters. The standard InChI is InChI=1S/C23H21N5OS/c1-2-27(19-9-5-3-6-10-19)21(29)17-30-23-26-25-22(18-13-15-24-16-14-18)28(23)20-11-7-4-8-12-20/h3-16H,2,17H2,1H3. The fourth-order valence-electron chi connectivity index (χ4n) is 3.18. The van der Waals surface area contributed by atoms with Gasteiger partial charge in [-0.05, 0) is 43.3 Å². The molecular formula is C23H21N5OS. The number of thioether (sulfide) groups is 1. The average molecular weight is 416 g/mol. The second kappa shape index (κ2) is 9.37. The Morgan fingerprint density at radius 3 is 2.27 bits per heavy atom. The van der Waals surface area contributed by atoms with Gasteiger partial charge in [-0.2, -0.15) is 0 Å². The van der Waals surface area contributed by atoms with E-state index in [9.17, 15) is 4.79 Å². The predicted octanol–water partition coefficient (Wildman–Crippen LogP) is 4.47. The van der Waals surface area contributed by atoms with Crippen LogP contribution in [-0.4, -0.2) is 38.0 Å². The summed E-state index contributed by atoms with van der Waals surface area (Å²) in [5.74, 6) is 1.01. The Hall–Kier alpha value is -3.45. The Morgan fingerprint density at radius 2 is 1.60 bits per heavy atom. The van der Waals surface area contributed by atoms with Crippen molar-refractivity contribution in [2.45, 2.75) is 12.1 Å². The molecule has 1 amide bonds. The van der Waals surface area contributed by atoms with Crippen LogP contribution >= 0.6 is 11.8 Å². The summed E-state index contributed by atoms with van der Waals surface area (Å²) in [7, 11) is 0. The second-order valence-electron chi connectivity index (χ2n) is 6.48. The van der Waals surface area contributed by atoms with E-state index in [2.05, 4.69) is 15.2 Å². The minimum atomic E-state index is 0.0294. The number of aromatic nitrogens is 4. The highest BCUT2D eigenvalue weighted by Gasteiger charge is 2.19. The summed E-state index contributed by atoms with van der Waals surface area (Å²) in [5, 5.41) is 9.46. The van der Waals surface area contributed by atoms with Crippen molar-refractivity contribution in [3.63, 3.8) is 0 Å². The van der Waals surface area contributed by atoms with Crippen molar-refractivity contribution in [3.05, 3.63) is 85.2 Å². The normalized spacial score (nSPS) is 10.7. The van der Waals surface area contributed by atoms with Crippen molar-refractivity contribution in [1.82, 2.24) is 19.7 Å². The minimum absolute atomic E-state index is 0.0294. The van der Waals surface area contributed by atoms with Crippen molar-refractivity contribution in [1.29, 1.82) is 0 Å². The van der Waals surface area contributed by atoms with E-state index in [0.717, 1.165) is 16.9 Å². The number of rotatable bonds is 7. The lowest BCUT2D eigenvalue weighted by Crippen LogP contribution is -2.32. The maximum atomic E-state index is 12.9. The highest BCUT2D eigenvalue weighted by Crippen LogP contribution is 2.28. The zero-order chi connectivity index (χ0) is 20.8. The van der Waals surface area contributed by atoms with Crippen LogP contribution in [0.2, 0.25) is 0 Å². The first-order chi connectivity index (χ1) is 14.8. The molecule has 0 aliphatic rings. The molecule has 2 heterocycles. The Bertz CT molecular complexity index is 1100. The van der Waals surface area contributed by atoms with E-state index < -0.39 is 0 Å². The molecule has 2 aromatic carbocycles. The molecule has 0 atom stereocenters. The number of hydrogen-bond acceptors (Lipinski definition) is 5. The molecule has 0 saturated carbocycles. The van der Waals surface area contributed by atoms with Gasteiger partial charge in [-0.1, -0.05) is 48.2 Å². The van der Waals surface area contributed by atoms with Gasteiger partial charge in [-0.25, -0.2) is 0 Å². The molecule has 0 aliphatic carbocycles. The number of benzene rings is 2. The fraction of sp³-hybridized carbons (Fsp3) is 0.130. The largest absolute Gasteiger partial charge is 0.312 e. The summed E-state index contributed by atoms with van der Waals surface area (Å²) in [6, 6.07) is 23.4. The van der Waals surface area contributed by atoms with Crippen LogP contribution in [-0.2, 0) is 4.79 Å². The van der Waals surface area contributed by atoms with Crippen molar-refractivity contribution in [2.24, 2.45) is 0 Å². The van der Waals surface area contributed by atoms with E-state index in [4.69, 9.17) is 0 Å². The van der Waals surface area contributed by atoms with E-state index >= 15 is 0 Å². The fourth-order valence-corrected chi connectivity index (χ4v) is 4.00. The molecule has 2 aromatic heterocycles. The average Bonchev–Trinajstić information content (AvgIpc) is 3.24. The maximum Gasteiger partial charge on any atom is 0.237 e. The predicted molar refractivity (Wildman–Crippen MR) is 120 cm³/mol. The van der Waals surface area contributed by atoms with Gasteiger partial charge in [-0.3, -0.25) is 14.3 Å². The van der Waals surface area contributed by atoms with Crippen LogP contribution < -0.4 is 4.90 Å². The lowest BCUT2D eigenvalue weighted by Gasteiger charge is -2.20. The lowest BCUT2D eigenvalue weighted by atomic mass is 10.2. The van der Waals surface area contributed by atoms with Gasteiger partial charge in [0.15, 0.2) is 11.0 Å². The third-order valence-corrected chi connectivity index (χ3v) is 5.51. The summed E-state index contributed by atoms with van der Waals surface area (Å²) < 4.78 is 1.98. The molecule has 0 aliphatic heterocycles. The summed E-state index contributed by atoms with van der Waals surface area (Å²) in [6.07, 6.45) is 3.46. The van der Waals surface area contributed by atoms with Crippen LogP contribution in [0.4, 0.5) is 5.69 Å². The van der Waals surface area contributed by atoms with Crippen molar-refractivity contribution in [2.75, 3.05) is 17.2 Å². The highest BCUT2D eigenvalue weighted by atomic mass is 32.2. The number of carbonyl (C=O) groups excluding carboxylic acids is 1. The Balaban J connectivity index is 1.62. The number of nitrogens with zero attached hydrogens (tertiary/aromatic N) is 5. The molecule has 0 saturated heterocycles. The number of amides is 1. The number of pyridine rings is 1. The van der Waals surface area contributed by atoms with E-state index in [1.54, 1.807) is 17.3 Å². The van der Waals surface area contributed by atoms with Gasteiger partial charge >= 0.3 is 0 Å². The maximum absolute atomic E-state index is 12.9. The van der Waals surface area contributed by atoms with E-state index in [1.165, 1.54) is 11.8 Å². The van der Waals surface area contributed by atoms with E-state index in [0.29, 0.717) is 17.5 Å². The Labute approximate surface area is 179 Å². The molecule has 7 heteroatoms. The zero-order valence-electron chi connectivity index (χ0n) is 16.5. The van der Waals surface area contributed by atoms with Crippen LogP contribution in [0.3, 0.4) is 0 Å². The monoisotopic (exact) mass is 415 g/mol. The molecule has 6 nitrogen and oxygen atoms in total. The minimum Gasteiger partial charge on any atom is -0.312 e. The first-order valence-corrected chi connectivity index (χ1v) is 10.7. The number of carbonyl (C=O) groups is 1. The summed E-state index contributed by atoms with van der Waals surface area (Å²) >= 11 is 1.39. The number of hydrogen-bond donors (Lipinski definition) is 0. The van der Waals surface area contributed by atoms with Crippen molar-refractivity contribution in [3.8, 4) is 17.1 Å². The quantitative estimate of drug-likeness (QED) is 0.417. The van der Waals surface area contributed by atoms with E-state index in [-0.39, 0.29) is 11.7 Å². The molecule has 0 spiro atoms. The van der Waals surface area contributed by atoms with Crippen LogP contribution in [0.25, 0.3) is 17.1 Å². The molecule has 0 bridgehead atoms. The van der Waals surface area contributed by atoms with Gasteiger partial charge in [0.25, 0.3) is 0 Å². The third-order valence-electron chi connectivity index (χ3n) is 4.60. The Kier molecular flexibility index (Phi) is 6.20. The molecule has 0 N–H and O–H groups in total. The zero-order valence-corrected chi connectivity index (χ0v) is 17.4. The van der Waals surface area contributed by atoms with Gasteiger partial charge in [0, 0.05) is 35.9 Å². The van der Waals surface area contributed by atoms with Crippen LogP contribution in [0.1, 0.15) is 6.92 Å². The second-order valence-corrected chi connectivity index (χ2v) is 7.42. The van der Waals surface area contributed by atoms with Gasteiger partial charge in [-0.15, -0.1) is 10.2 Å². The van der Waals surface area contributed by atoms with Crippen molar-refractivity contribution >= 4 is 23.4 Å². The van der Waals surface area contributed by atoms with Gasteiger partial charge in [0.2, 0.25) is 5.91 Å².